The molecule has 0 bridgehead atoms. The second kappa shape index (κ2) is 12.2. The van der Waals surface area contributed by atoms with Crippen molar-refractivity contribution in [3.63, 3.8) is 0 Å². The Bertz CT molecular complexity index is 1110. The van der Waals surface area contributed by atoms with Gasteiger partial charge in [0, 0.05) is 23.8 Å². The van der Waals surface area contributed by atoms with E-state index in [1.807, 2.05) is 67.6 Å². The molecule has 2 amide bonds. The van der Waals surface area contributed by atoms with Gasteiger partial charge in [0.25, 0.3) is 5.91 Å². The van der Waals surface area contributed by atoms with Gasteiger partial charge in [-0.1, -0.05) is 85.5 Å². The van der Waals surface area contributed by atoms with Gasteiger partial charge >= 0.3 is 0 Å². The minimum atomic E-state index is -0.671. The van der Waals surface area contributed by atoms with Gasteiger partial charge in [0.1, 0.15) is 6.04 Å². The Hall–Kier alpha value is -3.60. The number of benzene rings is 3. The van der Waals surface area contributed by atoms with E-state index in [0.717, 1.165) is 43.4 Å². The molecule has 1 atom stereocenters. The van der Waals surface area contributed by atoms with E-state index in [-0.39, 0.29) is 17.9 Å². The molecule has 0 aromatic heterocycles. The molecule has 1 saturated carbocycles. The fourth-order valence-corrected chi connectivity index (χ4v) is 4.65. The van der Waals surface area contributed by atoms with Crippen LogP contribution in [0, 0.1) is 6.92 Å². The lowest BCUT2D eigenvalue weighted by Crippen LogP contribution is -2.42. The van der Waals surface area contributed by atoms with Crippen LogP contribution in [0.2, 0.25) is 0 Å². The van der Waals surface area contributed by atoms with Gasteiger partial charge in [-0.05, 0) is 55.5 Å². The highest BCUT2D eigenvalue weighted by molar-refractivity contribution is 5.98. The maximum Gasteiger partial charge on any atom is 0.251 e. The van der Waals surface area contributed by atoms with E-state index in [0.29, 0.717) is 17.7 Å². The number of nitrogens with one attached hydrogen (secondary N) is 3. The first-order chi connectivity index (χ1) is 17.1. The molecule has 0 saturated heterocycles. The lowest BCUT2D eigenvalue weighted by molar-refractivity contribution is -0.122. The van der Waals surface area contributed by atoms with Crippen molar-refractivity contribution in [1.82, 2.24) is 10.6 Å². The van der Waals surface area contributed by atoms with Crippen molar-refractivity contribution in [1.29, 1.82) is 0 Å². The highest BCUT2D eigenvalue weighted by atomic mass is 16.2. The Labute approximate surface area is 208 Å². The quantitative estimate of drug-likeness (QED) is 0.384. The Morgan fingerprint density at radius 3 is 2.29 bits per heavy atom. The highest BCUT2D eigenvalue weighted by Gasteiger charge is 2.27. The van der Waals surface area contributed by atoms with E-state index in [1.165, 1.54) is 12.0 Å². The van der Waals surface area contributed by atoms with E-state index in [4.69, 9.17) is 0 Å². The highest BCUT2D eigenvalue weighted by Crippen LogP contribution is 2.25. The van der Waals surface area contributed by atoms with Crippen LogP contribution in [0.25, 0.3) is 0 Å². The summed E-state index contributed by atoms with van der Waals surface area (Å²) in [5.41, 5.74) is 4.37. The predicted octanol–water partition coefficient (Wildman–Crippen LogP) is 5.57. The van der Waals surface area contributed by atoms with Gasteiger partial charge in [0.2, 0.25) is 5.91 Å². The minimum absolute atomic E-state index is 0.0954. The van der Waals surface area contributed by atoms with Gasteiger partial charge in [-0.15, -0.1) is 0 Å². The zero-order valence-corrected chi connectivity index (χ0v) is 20.4. The first-order valence-electron chi connectivity index (χ1n) is 12.6. The maximum absolute atomic E-state index is 13.6. The van der Waals surface area contributed by atoms with Crippen molar-refractivity contribution in [2.45, 2.75) is 57.5 Å². The predicted molar refractivity (Wildman–Crippen MR) is 141 cm³/mol. The molecule has 5 heteroatoms. The molecule has 3 N–H and O–H groups in total. The van der Waals surface area contributed by atoms with Gasteiger partial charge in [-0.3, -0.25) is 9.59 Å². The summed E-state index contributed by atoms with van der Waals surface area (Å²) >= 11 is 0. The number of amides is 2. The molecule has 4 rings (SSSR count). The summed E-state index contributed by atoms with van der Waals surface area (Å²) in [6, 6.07) is 25.0. The largest absolute Gasteiger partial charge is 0.370 e. The van der Waals surface area contributed by atoms with Crippen LogP contribution in [-0.2, 0) is 11.2 Å². The van der Waals surface area contributed by atoms with Crippen molar-refractivity contribution < 1.29 is 9.59 Å². The molecule has 3 aromatic rings. The normalized spacial score (nSPS) is 14.7. The lowest BCUT2D eigenvalue weighted by atomic mass is 9.94. The van der Waals surface area contributed by atoms with Gasteiger partial charge in [-0.25, -0.2) is 0 Å². The molecule has 182 valence electrons. The first kappa shape index (κ1) is 24.5. The molecule has 5 nitrogen and oxygen atoms in total. The molecule has 1 fully saturated rings. The van der Waals surface area contributed by atoms with Crippen LogP contribution in [0.3, 0.4) is 0 Å². The minimum Gasteiger partial charge on any atom is -0.370 e. The SMILES string of the molecule is Cc1ccc(NC(C(=O)NC2CCCCC2)c2ccccc2C(=O)NCCc2ccccc2)cc1. The smallest absolute Gasteiger partial charge is 0.251 e. The van der Waals surface area contributed by atoms with E-state index in [2.05, 4.69) is 28.1 Å². The monoisotopic (exact) mass is 469 g/mol. The number of carbonyl (C=O) groups excluding carboxylic acids is 2. The third kappa shape index (κ3) is 6.95. The van der Waals surface area contributed by atoms with Crippen LogP contribution >= 0.6 is 0 Å². The molecule has 1 aliphatic rings. The Morgan fingerprint density at radius 1 is 0.857 bits per heavy atom. The molecule has 1 unspecified atom stereocenters. The molecule has 35 heavy (non-hydrogen) atoms. The Balaban J connectivity index is 1.54. The molecule has 3 aromatic carbocycles. The molecule has 0 radical (unpaired) electrons. The number of hydrogen-bond acceptors (Lipinski definition) is 3. The van der Waals surface area contributed by atoms with Crippen molar-refractivity contribution in [2.24, 2.45) is 0 Å². The Kier molecular flexibility index (Phi) is 8.55. The first-order valence-corrected chi connectivity index (χ1v) is 12.6. The summed E-state index contributed by atoms with van der Waals surface area (Å²) in [6.45, 7) is 2.56. The van der Waals surface area contributed by atoms with E-state index >= 15 is 0 Å². The third-order valence-electron chi connectivity index (χ3n) is 6.63. The molecule has 0 aliphatic heterocycles. The zero-order chi connectivity index (χ0) is 24.5. The van der Waals surface area contributed by atoms with Crippen molar-refractivity contribution in [3.8, 4) is 0 Å². The van der Waals surface area contributed by atoms with Gasteiger partial charge in [-0.2, -0.15) is 0 Å². The number of rotatable bonds is 9. The second-order valence-electron chi connectivity index (χ2n) is 9.37. The summed E-state index contributed by atoms with van der Waals surface area (Å²) in [5.74, 6) is -0.264. The number of hydrogen-bond donors (Lipinski definition) is 3. The van der Waals surface area contributed by atoms with E-state index in [9.17, 15) is 9.59 Å². The van der Waals surface area contributed by atoms with Crippen LogP contribution in [-0.4, -0.2) is 24.4 Å². The van der Waals surface area contributed by atoms with Crippen LogP contribution in [0.5, 0.6) is 0 Å². The van der Waals surface area contributed by atoms with Gasteiger partial charge in [0.15, 0.2) is 0 Å². The molecular formula is C30H35N3O2. The Morgan fingerprint density at radius 2 is 1.54 bits per heavy atom. The number of aryl methyl sites for hydroxylation is 1. The lowest BCUT2D eigenvalue weighted by Gasteiger charge is -2.27. The van der Waals surface area contributed by atoms with Crippen LogP contribution in [0.15, 0.2) is 78.9 Å². The van der Waals surface area contributed by atoms with Gasteiger partial charge in [0.05, 0.1) is 0 Å². The van der Waals surface area contributed by atoms with Crippen LogP contribution in [0.4, 0.5) is 5.69 Å². The summed E-state index contributed by atoms with van der Waals surface area (Å²) in [4.78, 5) is 26.8. The fraction of sp³-hybridized carbons (Fsp3) is 0.333. The molecular weight excluding hydrogens is 434 g/mol. The van der Waals surface area contributed by atoms with Gasteiger partial charge < -0.3 is 16.0 Å². The third-order valence-corrected chi connectivity index (χ3v) is 6.63. The molecule has 1 aliphatic carbocycles. The van der Waals surface area contributed by atoms with Crippen molar-refractivity contribution >= 4 is 17.5 Å². The summed E-state index contributed by atoms with van der Waals surface area (Å²) in [5, 5.41) is 9.68. The van der Waals surface area contributed by atoms with Crippen LogP contribution in [0.1, 0.15) is 65.2 Å². The summed E-state index contributed by atoms with van der Waals surface area (Å²) in [7, 11) is 0. The van der Waals surface area contributed by atoms with Crippen molar-refractivity contribution in [2.75, 3.05) is 11.9 Å². The fourth-order valence-electron chi connectivity index (χ4n) is 4.65. The number of anilines is 1. The average molecular weight is 470 g/mol. The topological polar surface area (TPSA) is 70.2 Å². The van der Waals surface area contributed by atoms with Crippen molar-refractivity contribution in [3.05, 3.63) is 101 Å². The second-order valence-corrected chi connectivity index (χ2v) is 9.37. The standard InChI is InChI=1S/C30H35N3O2/c1-22-16-18-25(19-17-22)32-28(30(35)33-24-12-6-3-7-13-24)26-14-8-9-15-27(26)29(34)31-21-20-23-10-4-2-5-11-23/h2,4-5,8-11,14-19,24,28,32H,3,6-7,12-13,20-21H2,1H3,(H,31,34)(H,33,35). The van der Waals surface area contributed by atoms with Crippen LogP contribution < -0.4 is 16.0 Å². The molecule has 0 spiro atoms. The van der Waals surface area contributed by atoms with E-state index in [1.54, 1.807) is 6.07 Å². The summed E-state index contributed by atoms with van der Waals surface area (Å²) in [6.07, 6.45) is 6.27. The average Bonchev–Trinajstić information content (AvgIpc) is 2.89. The summed E-state index contributed by atoms with van der Waals surface area (Å²) < 4.78 is 0. The van der Waals surface area contributed by atoms with E-state index < -0.39 is 6.04 Å². The molecule has 0 heterocycles. The zero-order valence-electron chi connectivity index (χ0n) is 20.4. The number of carbonyl (C=O) groups is 2. The maximum atomic E-state index is 13.6.